The highest BCUT2D eigenvalue weighted by molar-refractivity contribution is 7.13. The maximum Gasteiger partial charge on any atom is 0.261 e. The predicted molar refractivity (Wildman–Crippen MR) is 107 cm³/mol. The van der Waals surface area contributed by atoms with Gasteiger partial charge < -0.3 is 20.1 Å². The molecule has 0 saturated carbocycles. The molecule has 0 aliphatic heterocycles. The number of rotatable bonds is 7. The van der Waals surface area contributed by atoms with Crippen LogP contribution in [0, 0.1) is 0 Å². The molecule has 10 nitrogen and oxygen atoms in total. The van der Waals surface area contributed by atoms with Gasteiger partial charge in [0.15, 0.2) is 16.6 Å². The first-order chi connectivity index (χ1) is 13.9. The number of fused-ring (bicyclic) bond motifs is 1. The van der Waals surface area contributed by atoms with E-state index in [1.807, 2.05) is 0 Å². The molecule has 3 aromatic rings. The first-order valence-corrected chi connectivity index (χ1v) is 9.41. The summed E-state index contributed by atoms with van der Waals surface area (Å²) in [6.45, 7) is 1.25. The second kappa shape index (κ2) is 8.69. The Morgan fingerprint density at radius 3 is 2.59 bits per heavy atom. The number of ether oxygens (including phenoxy) is 2. The molecule has 0 fully saturated rings. The maximum absolute atomic E-state index is 12.7. The Morgan fingerprint density at radius 2 is 1.93 bits per heavy atom. The van der Waals surface area contributed by atoms with E-state index in [0.717, 1.165) is 4.57 Å². The van der Waals surface area contributed by atoms with Gasteiger partial charge in [-0.05, 0) is 13.0 Å². The summed E-state index contributed by atoms with van der Waals surface area (Å²) in [5, 5.41) is 7.60. The molecule has 0 aliphatic carbocycles. The average Bonchev–Trinajstić information content (AvgIpc) is 3.22. The molecule has 29 heavy (non-hydrogen) atoms. The van der Waals surface area contributed by atoms with Crippen LogP contribution in [0.25, 0.3) is 10.9 Å². The van der Waals surface area contributed by atoms with Crippen molar-refractivity contribution in [2.75, 3.05) is 19.5 Å². The van der Waals surface area contributed by atoms with Gasteiger partial charge in [-0.2, -0.15) is 0 Å². The van der Waals surface area contributed by atoms with Crippen LogP contribution in [0.5, 0.6) is 11.5 Å². The van der Waals surface area contributed by atoms with Crippen molar-refractivity contribution in [1.82, 2.24) is 19.9 Å². The summed E-state index contributed by atoms with van der Waals surface area (Å²) in [7, 11) is 2.95. The molecule has 0 aliphatic rings. The van der Waals surface area contributed by atoms with Gasteiger partial charge in [-0.3, -0.25) is 19.0 Å². The van der Waals surface area contributed by atoms with Gasteiger partial charge in [0.25, 0.3) is 5.56 Å². The zero-order valence-electron chi connectivity index (χ0n) is 16.0. The molecular weight excluding hydrogens is 398 g/mol. The Kier molecular flexibility index (Phi) is 6.07. The average molecular weight is 417 g/mol. The van der Waals surface area contributed by atoms with E-state index in [-0.39, 0.29) is 11.9 Å². The van der Waals surface area contributed by atoms with Crippen molar-refractivity contribution in [2.24, 2.45) is 0 Å². The molecule has 0 radical (unpaired) electrons. The zero-order chi connectivity index (χ0) is 21.0. The molecule has 152 valence electrons. The van der Waals surface area contributed by atoms with Crippen molar-refractivity contribution < 1.29 is 19.1 Å². The zero-order valence-corrected chi connectivity index (χ0v) is 16.8. The lowest BCUT2D eigenvalue weighted by Gasteiger charge is -2.14. The highest BCUT2D eigenvalue weighted by Crippen LogP contribution is 2.29. The third-order valence-corrected chi connectivity index (χ3v) is 4.77. The molecule has 2 amide bonds. The SMILES string of the molecule is COc1cc2ncn(CC(=O)NC(C)C(=O)Nc3nccs3)c(=O)c2cc1OC. The molecule has 3 rings (SSSR count). The molecule has 1 aromatic carbocycles. The largest absolute Gasteiger partial charge is 0.493 e. The lowest BCUT2D eigenvalue weighted by Crippen LogP contribution is -2.43. The van der Waals surface area contributed by atoms with Crippen LogP contribution in [0.4, 0.5) is 5.13 Å². The van der Waals surface area contributed by atoms with Crippen molar-refractivity contribution in [2.45, 2.75) is 19.5 Å². The quantitative estimate of drug-likeness (QED) is 0.588. The standard InChI is InChI=1S/C18H19N5O5S/c1-10(16(25)22-18-19-4-5-29-18)21-15(24)8-23-9-20-12-7-14(28-3)13(27-2)6-11(12)17(23)26/h4-7,9-10H,8H2,1-3H3,(H,21,24)(H,19,22,25). The lowest BCUT2D eigenvalue weighted by molar-refractivity contribution is -0.126. The minimum absolute atomic E-state index is 0.285. The number of carbonyl (C=O) groups is 2. The van der Waals surface area contributed by atoms with Crippen LogP contribution >= 0.6 is 11.3 Å². The van der Waals surface area contributed by atoms with Crippen LogP contribution < -0.4 is 25.7 Å². The normalized spacial score (nSPS) is 11.7. The summed E-state index contributed by atoms with van der Waals surface area (Å²) < 4.78 is 11.6. The number of hydrogen-bond acceptors (Lipinski definition) is 8. The molecule has 0 saturated heterocycles. The van der Waals surface area contributed by atoms with E-state index in [4.69, 9.17) is 9.47 Å². The fourth-order valence-electron chi connectivity index (χ4n) is 2.60. The number of thiazole rings is 1. The van der Waals surface area contributed by atoms with E-state index in [0.29, 0.717) is 22.1 Å². The van der Waals surface area contributed by atoms with Crippen LogP contribution in [-0.4, -0.2) is 46.6 Å². The molecule has 1 unspecified atom stereocenters. The Labute approximate surface area is 169 Å². The van der Waals surface area contributed by atoms with E-state index in [9.17, 15) is 14.4 Å². The molecule has 2 aromatic heterocycles. The number of nitrogens with one attached hydrogen (secondary N) is 2. The number of hydrogen-bond donors (Lipinski definition) is 2. The van der Waals surface area contributed by atoms with Gasteiger partial charge in [-0.1, -0.05) is 0 Å². The second-order valence-corrected chi connectivity index (χ2v) is 6.91. The predicted octanol–water partition coefficient (Wildman–Crippen LogP) is 1.01. The third kappa shape index (κ3) is 4.51. The molecule has 2 heterocycles. The minimum Gasteiger partial charge on any atom is -0.493 e. The number of methoxy groups -OCH3 is 2. The third-order valence-electron chi connectivity index (χ3n) is 4.08. The lowest BCUT2D eigenvalue weighted by atomic mass is 10.2. The van der Waals surface area contributed by atoms with Gasteiger partial charge in [-0.15, -0.1) is 11.3 Å². The van der Waals surface area contributed by atoms with Crippen LogP contribution in [0.3, 0.4) is 0 Å². The highest BCUT2D eigenvalue weighted by atomic mass is 32.1. The highest BCUT2D eigenvalue weighted by Gasteiger charge is 2.18. The first kappa shape index (κ1) is 20.3. The summed E-state index contributed by atoms with van der Waals surface area (Å²) in [5.74, 6) is -0.0827. The van der Waals surface area contributed by atoms with E-state index in [1.165, 1.54) is 38.0 Å². The maximum atomic E-state index is 12.7. The van der Waals surface area contributed by atoms with Gasteiger partial charge in [0, 0.05) is 17.6 Å². The molecule has 0 bridgehead atoms. The van der Waals surface area contributed by atoms with E-state index in [1.54, 1.807) is 24.6 Å². The molecule has 1 atom stereocenters. The Balaban J connectivity index is 1.73. The number of nitrogens with zero attached hydrogens (tertiary/aromatic N) is 3. The number of carbonyl (C=O) groups excluding carboxylic acids is 2. The number of aromatic nitrogens is 3. The summed E-state index contributed by atoms with van der Waals surface area (Å²) in [6.07, 6.45) is 2.84. The topological polar surface area (TPSA) is 124 Å². The van der Waals surface area contributed by atoms with Gasteiger partial charge in [0.2, 0.25) is 11.8 Å². The van der Waals surface area contributed by atoms with Gasteiger partial charge in [0.1, 0.15) is 12.6 Å². The van der Waals surface area contributed by atoms with Crippen molar-refractivity contribution >= 4 is 39.2 Å². The fraction of sp³-hybridized carbons (Fsp3) is 0.278. The summed E-state index contributed by atoms with van der Waals surface area (Å²) in [6, 6.07) is 2.30. The van der Waals surface area contributed by atoms with E-state index >= 15 is 0 Å². The monoisotopic (exact) mass is 417 g/mol. The summed E-state index contributed by atoms with van der Waals surface area (Å²) >= 11 is 1.27. The number of benzene rings is 1. The second-order valence-electron chi connectivity index (χ2n) is 6.02. The summed E-state index contributed by atoms with van der Waals surface area (Å²) in [5.41, 5.74) is 0.00601. The van der Waals surface area contributed by atoms with Crippen molar-refractivity contribution in [3.05, 3.63) is 40.4 Å². The molecule has 2 N–H and O–H groups in total. The van der Waals surface area contributed by atoms with E-state index < -0.39 is 23.4 Å². The minimum atomic E-state index is -0.806. The Hall–Kier alpha value is -3.47. The summed E-state index contributed by atoms with van der Waals surface area (Å²) in [4.78, 5) is 45.3. The van der Waals surface area contributed by atoms with Gasteiger partial charge >= 0.3 is 0 Å². The van der Waals surface area contributed by atoms with Crippen molar-refractivity contribution in [1.29, 1.82) is 0 Å². The first-order valence-electron chi connectivity index (χ1n) is 8.53. The van der Waals surface area contributed by atoms with Crippen LogP contribution in [0.2, 0.25) is 0 Å². The molecule has 11 heteroatoms. The van der Waals surface area contributed by atoms with Crippen molar-refractivity contribution in [3.8, 4) is 11.5 Å². The number of amides is 2. The Bertz CT molecular complexity index is 1100. The van der Waals surface area contributed by atoms with Gasteiger partial charge in [0.05, 0.1) is 31.4 Å². The molecular formula is C18H19N5O5S. The van der Waals surface area contributed by atoms with Crippen LogP contribution in [-0.2, 0) is 16.1 Å². The van der Waals surface area contributed by atoms with Gasteiger partial charge in [-0.25, -0.2) is 9.97 Å². The fourth-order valence-corrected chi connectivity index (χ4v) is 3.14. The van der Waals surface area contributed by atoms with Crippen molar-refractivity contribution in [3.63, 3.8) is 0 Å². The van der Waals surface area contributed by atoms with Crippen LogP contribution in [0.15, 0.2) is 34.8 Å². The Morgan fingerprint density at radius 1 is 1.21 bits per heavy atom. The molecule has 0 spiro atoms. The number of anilines is 1. The van der Waals surface area contributed by atoms with E-state index in [2.05, 4.69) is 20.6 Å². The van der Waals surface area contributed by atoms with Crippen LogP contribution in [0.1, 0.15) is 6.92 Å². The smallest absolute Gasteiger partial charge is 0.261 e.